The number of rotatable bonds is 6. The van der Waals surface area contributed by atoms with E-state index in [-0.39, 0.29) is 10.8 Å². The van der Waals surface area contributed by atoms with Crippen molar-refractivity contribution in [2.45, 2.75) is 24.7 Å². The number of hydrogen-bond donors (Lipinski definition) is 1. The predicted octanol–water partition coefficient (Wildman–Crippen LogP) is 3.25. The number of benzene rings is 2. The molecule has 0 radical (unpaired) electrons. The molecule has 1 N–H and O–H groups in total. The van der Waals surface area contributed by atoms with E-state index in [9.17, 15) is 13.2 Å². The largest absolute Gasteiger partial charge is 0.326 e. The molecular weight excluding hydrogens is 312 g/mol. The van der Waals surface area contributed by atoms with E-state index in [2.05, 4.69) is 5.32 Å². The van der Waals surface area contributed by atoms with Crippen LogP contribution < -0.4 is 9.62 Å². The van der Waals surface area contributed by atoms with Crippen molar-refractivity contribution in [1.29, 1.82) is 0 Å². The van der Waals surface area contributed by atoms with Gasteiger partial charge < -0.3 is 5.32 Å². The Labute approximate surface area is 137 Å². The average molecular weight is 332 g/mol. The van der Waals surface area contributed by atoms with Crippen LogP contribution in [0.3, 0.4) is 0 Å². The van der Waals surface area contributed by atoms with Gasteiger partial charge in [-0.1, -0.05) is 31.2 Å². The first-order valence-corrected chi connectivity index (χ1v) is 8.83. The molecule has 0 unspecified atom stereocenters. The quantitative estimate of drug-likeness (QED) is 0.883. The second kappa shape index (κ2) is 7.28. The third-order valence-corrected chi connectivity index (χ3v) is 5.15. The summed E-state index contributed by atoms with van der Waals surface area (Å²) in [7, 11) is -2.17. The minimum atomic E-state index is -3.68. The van der Waals surface area contributed by atoms with Crippen LogP contribution in [0.4, 0.5) is 11.4 Å². The van der Waals surface area contributed by atoms with Crippen molar-refractivity contribution in [2.24, 2.45) is 0 Å². The number of carbonyl (C=O) groups excluding carboxylic acids is 1. The highest BCUT2D eigenvalue weighted by atomic mass is 32.2. The second-order valence-electron chi connectivity index (χ2n) is 5.13. The molecular formula is C17H20N2O3S. The summed E-state index contributed by atoms with van der Waals surface area (Å²) >= 11 is 0. The van der Waals surface area contributed by atoms with Gasteiger partial charge in [-0.3, -0.25) is 9.10 Å². The van der Waals surface area contributed by atoms with Crippen molar-refractivity contribution in [3.8, 4) is 0 Å². The molecule has 0 atom stereocenters. The number of hydrogen-bond acceptors (Lipinski definition) is 3. The Bertz CT molecular complexity index is 773. The van der Waals surface area contributed by atoms with Crippen molar-refractivity contribution < 1.29 is 13.2 Å². The normalized spacial score (nSPS) is 11.0. The summed E-state index contributed by atoms with van der Waals surface area (Å²) in [4.78, 5) is 11.8. The van der Waals surface area contributed by atoms with Crippen molar-refractivity contribution in [1.82, 2.24) is 0 Å². The molecule has 0 saturated heterocycles. The zero-order valence-corrected chi connectivity index (χ0v) is 14.0. The molecule has 2 aromatic carbocycles. The molecule has 2 aromatic rings. The van der Waals surface area contributed by atoms with Crippen molar-refractivity contribution in [3.63, 3.8) is 0 Å². The molecule has 2 rings (SSSR count). The lowest BCUT2D eigenvalue weighted by Crippen LogP contribution is -2.26. The zero-order chi connectivity index (χ0) is 16.9. The SMILES string of the molecule is CCCC(=O)Nc1cccc(S(=O)(=O)N(C)c2ccccc2)c1. The van der Waals surface area contributed by atoms with Gasteiger partial charge in [-0.2, -0.15) is 0 Å². The summed E-state index contributed by atoms with van der Waals surface area (Å²) < 4.78 is 26.6. The summed E-state index contributed by atoms with van der Waals surface area (Å²) in [5, 5.41) is 2.71. The molecule has 0 aliphatic rings. The molecule has 0 bridgehead atoms. The van der Waals surface area contributed by atoms with E-state index in [0.29, 0.717) is 17.8 Å². The molecule has 0 saturated carbocycles. The fraction of sp³-hybridized carbons (Fsp3) is 0.235. The standard InChI is InChI=1S/C17H20N2O3S/c1-3-8-17(20)18-14-9-7-12-16(13-14)23(21,22)19(2)15-10-5-4-6-11-15/h4-7,9-13H,3,8H2,1-2H3,(H,18,20). The summed E-state index contributed by atoms with van der Waals surface area (Å²) in [6.07, 6.45) is 1.14. The van der Waals surface area contributed by atoms with Gasteiger partial charge in [0.2, 0.25) is 5.91 Å². The molecule has 0 spiro atoms. The van der Waals surface area contributed by atoms with Gasteiger partial charge in [-0.05, 0) is 36.8 Å². The zero-order valence-electron chi connectivity index (χ0n) is 13.2. The molecule has 23 heavy (non-hydrogen) atoms. The van der Waals surface area contributed by atoms with Gasteiger partial charge in [0.05, 0.1) is 10.6 Å². The maximum absolute atomic E-state index is 12.7. The Morgan fingerprint density at radius 3 is 2.43 bits per heavy atom. The van der Waals surface area contributed by atoms with Gasteiger partial charge in [0.25, 0.3) is 10.0 Å². The Hall–Kier alpha value is -2.34. The minimum absolute atomic E-state index is 0.126. The van der Waals surface area contributed by atoms with E-state index >= 15 is 0 Å². The fourth-order valence-corrected chi connectivity index (χ4v) is 3.36. The summed E-state index contributed by atoms with van der Waals surface area (Å²) in [5.74, 6) is -0.126. The van der Waals surface area contributed by atoms with Crippen LogP contribution in [0.5, 0.6) is 0 Å². The Morgan fingerprint density at radius 1 is 1.09 bits per heavy atom. The predicted molar refractivity (Wildman–Crippen MR) is 92.0 cm³/mol. The van der Waals surface area contributed by atoms with E-state index in [1.165, 1.54) is 23.5 Å². The molecule has 0 fully saturated rings. The van der Waals surface area contributed by atoms with Crippen LogP contribution in [0.1, 0.15) is 19.8 Å². The third kappa shape index (κ3) is 4.10. The average Bonchev–Trinajstić information content (AvgIpc) is 2.55. The molecule has 0 aliphatic heterocycles. The van der Waals surface area contributed by atoms with E-state index in [4.69, 9.17) is 0 Å². The number of para-hydroxylation sites is 1. The molecule has 6 heteroatoms. The first-order valence-electron chi connectivity index (χ1n) is 7.39. The number of carbonyl (C=O) groups is 1. The van der Waals surface area contributed by atoms with Crippen LogP contribution in [0.2, 0.25) is 0 Å². The Kier molecular flexibility index (Phi) is 5.39. The van der Waals surface area contributed by atoms with E-state index in [1.807, 2.05) is 13.0 Å². The molecule has 0 aliphatic carbocycles. The summed E-state index contributed by atoms with van der Waals surface area (Å²) in [6.45, 7) is 1.91. The number of sulfonamides is 1. The van der Waals surface area contributed by atoms with Crippen molar-refractivity contribution >= 4 is 27.3 Å². The molecule has 1 amide bonds. The third-order valence-electron chi connectivity index (χ3n) is 3.37. The van der Waals surface area contributed by atoms with E-state index in [0.717, 1.165) is 6.42 Å². The van der Waals surface area contributed by atoms with Gasteiger partial charge >= 0.3 is 0 Å². The van der Waals surface area contributed by atoms with E-state index in [1.54, 1.807) is 36.4 Å². The number of amides is 1. The van der Waals surface area contributed by atoms with E-state index < -0.39 is 10.0 Å². The van der Waals surface area contributed by atoms with Gasteiger partial charge in [0.1, 0.15) is 0 Å². The lowest BCUT2D eigenvalue weighted by Gasteiger charge is -2.19. The maximum Gasteiger partial charge on any atom is 0.264 e. The fourth-order valence-electron chi connectivity index (χ4n) is 2.12. The van der Waals surface area contributed by atoms with Crippen LogP contribution in [0, 0.1) is 0 Å². The lowest BCUT2D eigenvalue weighted by molar-refractivity contribution is -0.116. The van der Waals surface area contributed by atoms with Crippen LogP contribution >= 0.6 is 0 Å². The Balaban J connectivity index is 2.28. The number of anilines is 2. The highest BCUT2D eigenvalue weighted by molar-refractivity contribution is 7.92. The van der Waals surface area contributed by atoms with Gasteiger partial charge in [0, 0.05) is 19.2 Å². The highest BCUT2D eigenvalue weighted by Crippen LogP contribution is 2.23. The van der Waals surface area contributed by atoms with Crippen LogP contribution in [-0.2, 0) is 14.8 Å². The summed E-state index contributed by atoms with van der Waals surface area (Å²) in [5.41, 5.74) is 1.05. The van der Waals surface area contributed by atoms with Crippen molar-refractivity contribution in [2.75, 3.05) is 16.7 Å². The second-order valence-corrected chi connectivity index (χ2v) is 7.10. The van der Waals surface area contributed by atoms with Crippen LogP contribution in [0.25, 0.3) is 0 Å². The highest BCUT2D eigenvalue weighted by Gasteiger charge is 2.21. The van der Waals surface area contributed by atoms with Crippen LogP contribution in [0.15, 0.2) is 59.5 Å². The maximum atomic E-state index is 12.7. The minimum Gasteiger partial charge on any atom is -0.326 e. The number of nitrogens with one attached hydrogen (secondary N) is 1. The number of nitrogens with zero attached hydrogens (tertiary/aromatic N) is 1. The van der Waals surface area contributed by atoms with Crippen molar-refractivity contribution in [3.05, 3.63) is 54.6 Å². The van der Waals surface area contributed by atoms with Gasteiger partial charge in [-0.15, -0.1) is 0 Å². The first-order chi connectivity index (χ1) is 10.9. The molecule has 5 nitrogen and oxygen atoms in total. The Morgan fingerprint density at radius 2 is 1.78 bits per heavy atom. The topological polar surface area (TPSA) is 66.5 Å². The molecule has 122 valence electrons. The molecule has 0 heterocycles. The molecule has 0 aromatic heterocycles. The first kappa shape index (κ1) is 17.0. The van der Waals surface area contributed by atoms with Gasteiger partial charge in [-0.25, -0.2) is 8.42 Å². The van der Waals surface area contributed by atoms with Gasteiger partial charge in [0.15, 0.2) is 0 Å². The van der Waals surface area contributed by atoms with Crippen LogP contribution in [-0.4, -0.2) is 21.4 Å². The lowest BCUT2D eigenvalue weighted by atomic mass is 10.3. The smallest absolute Gasteiger partial charge is 0.264 e. The summed E-state index contributed by atoms with van der Waals surface area (Å²) in [6, 6.07) is 15.1. The monoisotopic (exact) mass is 332 g/mol.